The molecule has 1 aliphatic rings. The monoisotopic (exact) mass is 366 g/mol. The van der Waals surface area contributed by atoms with Crippen molar-refractivity contribution in [3.63, 3.8) is 0 Å². The summed E-state index contributed by atoms with van der Waals surface area (Å²) >= 11 is 0. The molecule has 1 heterocycles. The van der Waals surface area contributed by atoms with E-state index in [1.807, 2.05) is 0 Å². The highest BCUT2D eigenvalue weighted by Crippen LogP contribution is 2.31. The van der Waals surface area contributed by atoms with E-state index in [-0.39, 0.29) is 38.1 Å². The van der Waals surface area contributed by atoms with E-state index in [4.69, 9.17) is 19.3 Å². The highest BCUT2D eigenvalue weighted by Gasteiger charge is 2.28. The zero-order valence-electron chi connectivity index (χ0n) is 14.4. The number of esters is 1. The number of carboxylic acid groups (broad SMARTS) is 1. The van der Waals surface area contributed by atoms with Gasteiger partial charge in [-0.15, -0.1) is 0 Å². The number of aliphatic hydroxyl groups is 1. The predicted octanol–water partition coefficient (Wildman–Crippen LogP) is 1.30. The van der Waals surface area contributed by atoms with Crippen LogP contribution in [0.4, 0.5) is 0 Å². The van der Waals surface area contributed by atoms with Gasteiger partial charge in [0.25, 0.3) is 0 Å². The summed E-state index contributed by atoms with van der Waals surface area (Å²) in [4.78, 5) is 22.8. The molecule has 2 atom stereocenters. The molecule has 0 saturated heterocycles. The van der Waals surface area contributed by atoms with Crippen LogP contribution in [0.1, 0.15) is 28.3 Å². The Morgan fingerprint density at radius 1 is 1.19 bits per heavy atom. The van der Waals surface area contributed by atoms with Gasteiger partial charge in [0, 0.05) is 12.3 Å². The van der Waals surface area contributed by atoms with Crippen molar-refractivity contribution < 1.29 is 38.7 Å². The average molecular weight is 366 g/mol. The summed E-state index contributed by atoms with van der Waals surface area (Å²) in [5.74, 6) is -2.02. The Hall–Kier alpha value is -2.42. The quantitative estimate of drug-likeness (QED) is 0.497. The minimum absolute atomic E-state index is 0.0739. The Kier molecular flexibility index (Phi) is 7.58. The minimum atomic E-state index is -1.17. The average Bonchev–Trinajstić information content (AvgIpc) is 2.67. The normalized spacial score (nSPS) is 19.4. The maximum absolute atomic E-state index is 11.5. The summed E-state index contributed by atoms with van der Waals surface area (Å²) < 4.78 is 20.6. The first kappa shape index (κ1) is 19.9. The Balaban J connectivity index is 2.04. The van der Waals surface area contributed by atoms with Gasteiger partial charge in [0.15, 0.2) is 0 Å². The smallest absolute Gasteiger partial charge is 0.370 e. The van der Waals surface area contributed by atoms with E-state index in [0.29, 0.717) is 12.0 Å². The summed E-state index contributed by atoms with van der Waals surface area (Å²) in [6.45, 7) is 0.621. The summed E-state index contributed by atoms with van der Waals surface area (Å²) in [6, 6.07) is 6.76. The van der Waals surface area contributed by atoms with E-state index >= 15 is 0 Å². The number of allylic oxidation sites excluding steroid dienone is 1. The number of aliphatic hydroxyl groups excluding tert-OH is 1. The maximum Gasteiger partial charge on any atom is 0.370 e. The molecule has 8 nitrogen and oxygen atoms in total. The molecule has 8 heteroatoms. The highest BCUT2D eigenvalue weighted by molar-refractivity contribution is 5.89. The lowest BCUT2D eigenvalue weighted by molar-refractivity contribution is -0.160. The molecule has 0 radical (unpaired) electrons. The van der Waals surface area contributed by atoms with Gasteiger partial charge in [0.2, 0.25) is 12.0 Å². The van der Waals surface area contributed by atoms with Gasteiger partial charge in [-0.25, -0.2) is 9.59 Å². The van der Waals surface area contributed by atoms with Gasteiger partial charge >= 0.3 is 11.9 Å². The molecule has 0 unspecified atom stereocenters. The van der Waals surface area contributed by atoms with Gasteiger partial charge in [-0.1, -0.05) is 12.1 Å². The van der Waals surface area contributed by atoms with Crippen molar-refractivity contribution in [1.82, 2.24) is 0 Å². The molecule has 1 aliphatic heterocycles. The Morgan fingerprint density at radius 2 is 1.92 bits per heavy atom. The van der Waals surface area contributed by atoms with Crippen LogP contribution in [0.5, 0.6) is 0 Å². The van der Waals surface area contributed by atoms with Gasteiger partial charge in [0.1, 0.15) is 0 Å². The fraction of sp³-hybridized carbons (Fsp3) is 0.444. The third kappa shape index (κ3) is 5.55. The lowest BCUT2D eigenvalue weighted by atomic mass is 9.92. The molecule has 142 valence electrons. The van der Waals surface area contributed by atoms with Crippen LogP contribution in [0, 0.1) is 0 Å². The molecule has 2 rings (SSSR count). The summed E-state index contributed by atoms with van der Waals surface area (Å²) in [5, 5.41) is 17.9. The lowest BCUT2D eigenvalue weighted by Gasteiger charge is -2.28. The maximum atomic E-state index is 11.5. The van der Waals surface area contributed by atoms with Gasteiger partial charge in [-0.2, -0.15) is 0 Å². The van der Waals surface area contributed by atoms with Crippen molar-refractivity contribution >= 4 is 11.9 Å². The van der Waals surface area contributed by atoms with E-state index in [1.54, 1.807) is 24.3 Å². The third-order valence-corrected chi connectivity index (χ3v) is 3.80. The Bertz CT molecular complexity index is 637. The van der Waals surface area contributed by atoms with Crippen LogP contribution in [0.15, 0.2) is 36.1 Å². The summed E-state index contributed by atoms with van der Waals surface area (Å²) in [6.07, 6.45) is 1.22. The SMILES string of the molecule is COC(=O)c1ccc([C@@H]2C=C(C(=O)O)O[C@H](OCCOCCO)C2)cc1. The fourth-order valence-electron chi connectivity index (χ4n) is 2.53. The summed E-state index contributed by atoms with van der Waals surface area (Å²) in [7, 11) is 1.31. The second-order valence-electron chi connectivity index (χ2n) is 5.55. The number of ether oxygens (including phenoxy) is 4. The van der Waals surface area contributed by atoms with Crippen molar-refractivity contribution in [2.24, 2.45) is 0 Å². The third-order valence-electron chi connectivity index (χ3n) is 3.80. The number of hydrogen-bond acceptors (Lipinski definition) is 7. The number of carbonyl (C=O) groups excluding carboxylic acids is 1. The molecule has 0 fully saturated rings. The molecule has 0 amide bonds. The second-order valence-corrected chi connectivity index (χ2v) is 5.55. The number of hydrogen-bond donors (Lipinski definition) is 2. The number of benzene rings is 1. The fourth-order valence-corrected chi connectivity index (χ4v) is 2.53. The van der Waals surface area contributed by atoms with Gasteiger partial charge in [-0.3, -0.25) is 0 Å². The van der Waals surface area contributed by atoms with Crippen LogP contribution >= 0.6 is 0 Å². The molecule has 1 aromatic carbocycles. The zero-order chi connectivity index (χ0) is 18.9. The number of carboxylic acids is 1. The standard InChI is InChI=1S/C18H22O8/c1-23-18(22)13-4-2-12(3-5-13)14-10-15(17(20)21)26-16(11-14)25-9-8-24-7-6-19/h2-5,10,14,16,19H,6-9,11H2,1H3,(H,20,21)/t14-,16+/m1/s1. The van der Waals surface area contributed by atoms with E-state index in [9.17, 15) is 14.7 Å². The molecule has 0 aromatic heterocycles. The summed E-state index contributed by atoms with van der Waals surface area (Å²) in [5.41, 5.74) is 1.25. The predicted molar refractivity (Wildman–Crippen MR) is 89.6 cm³/mol. The lowest BCUT2D eigenvalue weighted by Crippen LogP contribution is -2.28. The highest BCUT2D eigenvalue weighted by atomic mass is 16.7. The largest absolute Gasteiger partial charge is 0.475 e. The van der Waals surface area contributed by atoms with E-state index in [0.717, 1.165) is 5.56 Å². The van der Waals surface area contributed by atoms with Gasteiger partial charge in [0.05, 0.1) is 39.1 Å². The first-order valence-corrected chi connectivity index (χ1v) is 8.15. The van der Waals surface area contributed by atoms with Crippen LogP contribution in [-0.2, 0) is 23.7 Å². The number of rotatable bonds is 9. The first-order valence-electron chi connectivity index (χ1n) is 8.15. The van der Waals surface area contributed by atoms with E-state index in [2.05, 4.69) is 4.74 Å². The molecule has 0 aliphatic carbocycles. The van der Waals surface area contributed by atoms with Crippen molar-refractivity contribution in [2.75, 3.05) is 33.5 Å². The molecule has 1 aromatic rings. The molecule has 2 N–H and O–H groups in total. The Labute approximate surface area is 150 Å². The van der Waals surface area contributed by atoms with Crippen molar-refractivity contribution in [2.45, 2.75) is 18.6 Å². The number of carbonyl (C=O) groups is 2. The minimum Gasteiger partial charge on any atom is -0.475 e. The zero-order valence-corrected chi connectivity index (χ0v) is 14.4. The molecular weight excluding hydrogens is 344 g/mol. The Morgan fingerprint density at radius 3 is 2.54 bits per heavy atom. The van der Waals surface area contributed by atoms with Crippen LogP contribution < -0.4 is 0 Å². The molecule has 0 spiro atoms. The van der Waals surface area contributed by atoms with E-state index in [1.165, 1.54) is 13.2 Å². The molecule has 0 bridgehead atoms. The van der Waals surface area contributed by atoms with Crippen molar-refractivity contribution in [1.29, 1.82) is 0 Å². The van der Waals surface area contributed by atoms with Crippen molar-refractivity contribution in [3.8, 4) is 0 Å². The van der Waals surface area contributed by atoms with Crippen LogP contribution in [-0.4, -0.2) is 62.0 Å². The van der Waals surface area contributed by atoms with Gasteiger partial charge in [-0.05, 0) is 23.8 Å². The topological polar surface area (TPSA) is 112 Å². The van der Waals surface area contributed by atoms with Crippen LogP contribution in [0.25, 0.3) is 0 Å². The molecule has 26 heavy (non-hydrogen) atoms. The molecular formula is C18H22O8. The van der Waals surface area contributed by atoms with Crippen LogP contribution in [0.2, 0.25) is 0 Å². The van der Waals surface area contributed by atoms with Gasteiger partial charge < -0.3 is 29.2 Å². The van der Waals surface area contributed by atoms with Crippen molar-refractivity contribution in [3.05, 3.63) is 47.2 Å². The van der Waals surface area contributed by atoms with E-state index < -0.39 is 18.2 Å². The molecule has 0 saturated carbocycles. The number of methoxy groups -OCH3 is 1. The van der Waals surface area contributed by atoms with Crippen LogP contribution in [0.3, 0.4) is 0 Å². The number of aliphatic carboxylic acids is 1. The second kappa shape index (κ2) is 9.91. The first-order chi connectivity index (χ1) is 12.5.